The number of fused-ring (bicyclic) bond motifs is 1. The molecule has 2 heterocycles. The second-order valence-electron chi connectivity index (χ2n) is 2.51. The molecule has 0 spiro atoms. The predicted molar refractivity (Wildman–Crippen MR) is 48.6 cm³/mol. The van der Waals surface area contributed by atoms with Crippen LogP contribution in [0.5, 0.6) is 0 Å². The van der Waals surface area contributed by atoms with Crippen molar-refractivity contribution in [2.45, 2.75) is 6.92 Å². The monoisotopic (exact) mass is 156 g/mol. The van der Waals surface area contributed by atoms with Gasteiger partial charge in [0.15, 0.2) is 0 Å². The number of aromatic amines is 1. The number of pyridine rings is 1. The van der Waals surface area contributed by atoms with Gasteiger partial charge in [-0.05, 0) is 19.1 Å². The zero-order valence-electron chi connectivity index (χ0n) is 6.76. The molecule has 12 heavy (non-hydrogen) atoms. The van der Waals surface area contributed by atoms with E-state index in [2.05, 4.69) is 21.8 Å². The summed E-state index contributed by atoms with van der Waals surface area (Å²) >= 11 is 0. The van der Waals surface area contributed by atoms with Crippen LogP contribution in [0.2, 0.25) is 0 Å². The highest BCUT2D eigenvalue weighted by atomic mass is 14.8. The van der Waals surface area contributed by atoms with Crippen molar-refractivity contribution in [1.29, 1.82) is 0 Å². The van der Waals surface area contributed by atoms with Crippen LogP contribution in [0.15, 0.2) is 24.5 Å². The van der Waals surface area contributed by atoms with Crippen LogP contribution < -0.4 is 0 Å². The summed E-state index contributed by atoms with van der Waals surface area (Å²) in [6.45, 7) is 1.82. The second kappa shape index (κ2) is 2.71. The lowest BCUT2D eigenvalue weighted by Crippen LogP contribution is -1.78. The maximum atomic E-state index is 4.20. The van der Waals surface area contributed by atoms with Gasteiger partial charge < -0.3 is 4.98 Å². The first-order valence-corrected chi connectivity index (χ1v) is 3.76. The predicted octanol–water partition coefficient (Wildman–Crippen LogP) is 1.93. The van der Waals surface area contributed by atoms with E-state index in [1.54, 1.807) is 6.20 Å². The van der Waals surface area contributed by atoms with Crippen molar-refractivity contribution in [3.05, 3.63) is 30.1 Å². The van der Waals surface area contributed by atoms with Crippen LogP contribution in [0.4, 0.5) is 0 Å². The molecule has 0 atom stereocenters. The summed E-state index contributed by atoms with van der Waals surface area (Å²) in [4.78, 5) is 7.23. The van der Waals surface area contributed by atoms with Gasteiger partial charge in [-0.3, -0.25) is 0 Å². The van der Waals surface area contributed by atoms with E-state index in [0.717, 1.165) is 16.6 Å². The summed E-state index contributed by atoms with van der Waals surface area (Å²) in [5.74, 6) is 5.80. The molecule has 0 aromatic carbocycles. The lowest BCUT2D eigenvalue weighted by molar-refractivity contribution is 1.32. The Balaban J connectivity index is 2.65. The molecule has 1 N–H and O–H groups in total. The van der Waals surface area contributed by atoms with Crippen molar-refractivity contribution < 1.29 is 0 Å². The van der Waals surface area contributed by atoms with Crippen molar-refractivity contribution in [1.82, 2.24) is 9.97 Å². The fraction of sp³-hybridized carbons (Fsp3) is 0.100. The Kier molecular flexibility index (Phi) is 1.56. The molecule has 0 amide bonds. The van der Waals surface area contributed by atoms with Gasteiger partial charge >= 0.3 is 0 Å². The largest absolute Gasteiger partial charge is 0.346 e. The van der Waals surface area contributed by atoms with Gasteiger partial charge in [0, 0.05) is 23.3 Å². The van der Waals surface area contributed by atoms with Crippen LogP contribution in [-0.4, -0.2) is 9.97 Å². The zero-order chi connectivity index (χ0) is 8.39. The quantitative estimate of drug-likeness (QED) is 0.580. The number of H-pyrrole nitrogens is 1. The van der Waals surface area contributed by atoms with Crippen LogP contribution >= 0.6 is 0 Å². The van der Waals surface area contributed by atoms with Gasteiger partial charge in [0.1, 0.15) is 5.65 Å². The summed E-state index contributed by atoms with van der Waals surface area (Å²) in [6, 6.07) is 4.01. The Labute approximate surface area is 70.6 Å². The van der Waals surface area contributed by atoms with E-state index in [1.165, 1.54) is 0 Å². The van der Waals surface area contributed by atoms with Crippen molar-refractivity contribution >= 4 is 11.0 Å². The number of rotatable bonds is 0. The zero-order valence-corrected chi connectivity index (χ0v) is 6.76. The van der Waals surface area contributed by atoms with Gasteiger partial charge in [-0.15, -0.1) is 5.92 Å². The van der Waals surface area contributed by atoms with Gasteiger partial charge in [0.2, 0.25) is 0 Å². The third-order valence-corrected chi connectivity index (χ3v) is 1.67. The third-order valence-electron chi connectivity index (χ3n) is 1.67. The summed E-state index contributed by atoms with van der Waals surface area (Å²) in [6.07, 6.45) is 3.65. The molecule has 0 radical (unpaired) electrons. The fourth-order valence-corrected chi connectivity index (χ4v) is 1.15. The lowest BCUT2D eigenvalue weighted by atomic mass is 10.2. The third kappa shape index (κ3) is 1.06. The summed E-state index contributed by atoms with van der Waals surface area (Å²) in [5.41, 5.74) is 1.88. The van der Waals surface area contributed by atoms with Gasteiger partial charge in [-0.1, -0.05) is 5.92 Å². The summed E-state index contributed by atoms with van der Waals surface area (Å²) in [5, 5.41) is 1.11. The fourth-order valence-electron chi connectivity index (χ4n) is 1.15. The first-order chi connectivity index (χ1) is 5.90. The highest BCUT2D eigenvalue weighted by molar-refractivity contribution is 5.76. The normalized spacial score (nSPS) is 9.42. The molecular weight excluding hydrogens is 148 g/mol. The summed E-state index contributed by atoms with van der Waals surface area (Å²) in [7, 11) is 0. The van der Waals surface area contributed by atoms with Crippen LogP contribution in [0.3, 0.4) is 0 Å². The molecule has 0 fully saturated rings. The maximum absolute atomic E-state index is 4.20. The molecule has 0 aliphatic heterocycles. The van der Waals surface area contributed by atoms with Crippen molar-refractivity contribution in [2.24, 2.45) is 0 Å². The van der Waals surface area contributed by atoms with Gasteiger partial charge in [-0.25, -0.2) is 4.98 Å². The molecule has 2 rings (SSSR count). The number of nitrogens with zero attached hydrogens (tertiary/aromatic N) is 1. The Morgan fingerprint density at radius 2 is 2.42 bits per heavy atom. The Morgan fingerprint density at radius 3 is 3.25 bits per heavy atom. The minimum absolute atomic E-state index is 0.914. The molecule has 0 bridgehead atoms. The van der Waals surface area contributed by atoms with E-state index >= 15 is 0 Å². The highest BCUT2D eigenvalue weighted by Gasteiger charge is 1.94. The van der Waals surface area contributed by atoms with Crippen LogP contribution in [0, 0.1) is 11.8 Å². The second-order valence-corrected chi connectivity index (χ2v) is 2.51. The molecule has 2 aromatic rings. The Bertz CT molecular complexity index is 457. The highest BCUT2D eigenvalue weighted by Crippen LogP contribution is 2.09. The van der Waals surface area contributed by atoms with Crippen LogP contribution in [0.1, 0.15) is 12.5 Å². The smallest absolute Gasteiger partial charge is 0.137 e. The van der Waals surface area contributed by atoms with Gasteiger partial charge in [0.25, 0.3) is 0 Å². The molecular formula is C10H8N2. The first-order valence-electron chi connectivity index (χ1n) is 3.76. The van der Waals surface area contributed by atoms with Gasteiger partial charge in [0.05, 0.1) is 0 Å². The molecule has 2 aromatic heterocycles. The van der Waals surface area contributed by atoms with E-state index in [1.807, 2.05) is 25.3 Å². The van der Waals surface area contributed by atoms with Gasteiger partial charge in [-0.2, -0.15) is 0 Å². The molecule has 0 unspecified atom stereocenters. The minimum atomic E-state index is 0.914. The van der Waals surface area contributed by atoms with Crippen molar-refractivity contribution in [3.8, 4) is 11.8 Å². The number of hydrogen-bond acceptors (Lipinski definition) is 1. The first kappa shape index (κ1) is 6.93. The Hall–Kier alpha value is -1.75. The molecule has 0 saturated heterocycles. The molecule has 2 heteroatoms. The van der Waals surface area contributed by atoms with E-state index in [-0.39, 0.29) is 0 Å². The molecule has 2 nitrogen and oxygen atoms in total. The SMILES string of the molecule is CC#Cc1cnc2[nH]ccc2c1. The molecule has 58 valence electrons. The average molecular weight is 156 g/mol. The minimum Gasteiger partial charge on any atom is -0.346 e. The molecule has 0 aliphatic rings. The van der Waals surface area contributed by atoms with Crippen molar-refractivity contribution in [2.75, 3.05) is 0 Å². The van der Waals surface area contributed by atoms with Crippen LogP contribution in [-0.2, 0) is 0 Å². The Morgan fingerprint density at radius 1 is 1.50 bits per heavy atom. The topological polar surface area (TPSA) is 28.7 Å². The lowest BCUT2D eigenvalue weighted by Gasteiger charge is -1.89. The molecule has 0 saturated carbocycles. The van der Waals surface area contributed by atoms with Crippen LogP contribution in [0.25, 0.3) is 11.0 Å². The summed E-state index contributed by atoms with van der Waals surface area (Å²) < 4.78 is 0. The average Bonchev–Trinajstić information content (AvgIpc) is 2.51. The van der Waals surface area contributed by atoms with E-state index in [9.17, 15) is 0 Å². The number of hydrogen-bond donors (Lipinski definition) is 1. The number of aromatic nitrogens is 2. The van der Waals surface area contributed by atoms with E-state index < -0.39 is 0 Å². The van der Waals surface area contributed by atoms with Crippen molar-refractivity contribution in [3.63, 3.8) is 0 Å². The van der Waals surface area contributed by atoms with E-state index in [0.29, 0.717) is 0 Å². The number of nitrogens with one attached hydrogen (secondary N) is 1. The van der Waals surface area contributed by atoms with E-state index in [4.69, 9.17) is 0 Å². The maximum Gasteiger partial charge on any atom is 0.137 e. The standard InChI is InChI=1S/C10H8N2/c1-2-3-8-6-9-4-5-11-10(9)12-7-8/h4-7H,1H3,(H,11,12). The molecule has 0 aliphatic carbocycles.